The molecular formula is C14H18ClNO2S. The van der Waals surface area contributed by atoms with Crippen LogP contribution in [0, 0.1) is 0 Å². The van der Waals surface area contributed by atoms with E-state index in [0.717, 1.165) is 23.5 Å². The SMILES string of the molecule is O=C(/C=C/c1cccc(Cl)c1)NCCSCCCO. The Morgan fingerprint density at radius 2 is 2.26 bits per heavy atom. The molecular weight excluding hydrogens is 282 g/mol. The second kappa shape index (κ2) is 9.89. The molecule has 1 rings (SSSR count). The minimum absolute atomic E-state index is 0.109. The summed E-state index contributed by atoms with van der Waals surface area (Å²) in [4.78, 5) is 11.5. The molecule has 0 aliphatic carbocycles. The van der Waals surface area contributed by atoms with Gasteiger partial charge in [0.2, 0.25) is 5.91 Å². The maximum absolute atomic E-state index is 11.5. The number of hydrogen-bond acceptors (Lipinski definition) is 3. The average Bonchev–Trinajstić information content (AvgIpc) is 2.40. The van der Waals surface area contributed by atoms with E-state index in [2.05, 4.69) is 5.32 Å². The van der Waals surface area contributed by atoms with Crippen LogP contribution in [-0.2, 0) is 4.79 Å². The van der Waals surface area contributed by atoms with Gasteiger partial charge in [-0.1, -0.05) is 23.7 Å². The van der Waals surface area contributed by atoms with Crippen molar-refractivity contribution in [2.75, 3.05) is 24.7 Å². The maximum atomic E-state index is 11.5. The van der Waals surface area contributed by atoms with Gasteiger partial charge in [-0.2, -0.15) is 11.8 Å². The Balaban J connectivity index is 2.20. The van der Waals surface area contributed by atoms with Crippen LogP contribution in [0.2, 0.25) is 5.02 Å². The van der Waals surface area contributed by atoms with Gasteiger partial charge in [0, 0.05) is 30.0 Å². The maximum Gasteiger partial charge on any atom is 0.244 e. The highest BCUT2D eigenvalue weighted by molar-refractivity contribution is 7.99. The summed E-state index contributed by atoms with van der Waals surface area (Å²) in [7, 11) is 0. The van der Waals surface area contributed by atoms with Gasteiger partial charge < -0.3 is 10.4 Å². The van der Waals surface area contributed by atoms with Gasteiger partial charge in [-0.25, -0.2) is 0 Å². The van der Waals surface area contributed by atoms with Crippen molar-refractivity contribution in [3.63, 3.8) is 0 Å². The van der Waals surface area contributed by atoms with Crippen molar-refractivity contribution in [2.24, 2.45) is 0 Å². The van der Waals surface area contributed by atoms with E-state index in [1.807, 2.05) is 12.1 Å². The third-order valence-corrected chi connectivity index (χ3v) is 3.57. The molecule has 0 bridgehead atoms. The van der Waals surface area contributed by atoms with Gasteiger partial charge in [-0.3, -0.25) is 4.79 Å². The summed E-state index contributed by atoms with van der Waals surface area (Å²) in [6.07, 6.45) is 4.04. The standard InChI is InChI=1S/C14H18ClNO2S/c15-13-4-1-3-12(11-13)5-6-14(18)16-7-10-19-9-2-8-17/h1,3-6,11,17H,2,7-10H2,(H,16,18)/b6-5+. The topological polar surface area (TPSA) is 49.3 Å². The zero-order chi connectivity index (χ0) is 13.9. The molecule has 0 saturated heterocycles. The predicted octanol–water partition coefficient (Wildman–Crippen LogP) is 2.59. The molecule has 2 N–H and O–H groups in total. The van der Waals surface area contributed by atoms with E-state index < -0.39 is 0 Å². The zero-order valence-electron chi connectivity index (χ0n) is 10.6. The van der Waals surface area contributed by atoms with E-state index in [1.165, 1.54) is 6.08 Å². The number of hydrogen-bond donors (Lipinski definition) is 2. The second-order valence-electron chi connectivity index (χ2n) is 3.87. The molecule has 0 atom stereocenters. The van der Waals surface area contributed by atoms with E-state index in [-0.39, 0.29) is 12.5 Å². The van der Waals surface area contributed by atoms with Crippen molar-refractivity contribution in [2.45, 2.75) is 6.42 Å². The number of aliphatic hydroxyl groups is 1. The molecule has 3 nitrogen and oxygen atoms in total. The third kappa shape index (κ3) is 7.93. The molecule has 1 amide bonds. The van der Waals surface area contributed by atoms with Crippen LogP contribution in [0.3, 0.4) is 0 Å². The summed E-state index contributed by atoms with van der Waals surface area (Å²) in [6.45, 7) is 0.858. The van der Waals surface area contributed by atoms with Crippen LogP contribution in [0.25, 0.3) is 6.08 Å². The van der Waals surface area contributed by atoms with Gasteiger partial charge >= 0.3 is 0 Å². The lowest BCUT2D eigenvalue weighted by molar-refractivity contribution is -0.116. The van der Waals surface area contributed by atoms with Crippen LogP contribution in [0.15, 0.2) is 30.3 Å². The molecule has 0 spiro atoms. The number of benzene rings is 1. The fourth-order valence-electron chi connectivity index (χ4n) is 1.36. The normalized spacial score (nSPS) is 10.8. The van der Waals surface area contributed by atoms with E-state index >= 15 is 0 Å². The van der Waals surface area contributed by atoms with E-state index in [0.29, 0.717) is 11.6 Å². The quantitative estimate of drug-likeness (QED) is 0.573. The highest BCUT2D eigenvalue weighted by atomic mass is 35.5. The van der Waals surface area contributed by atoms with Gasteiger partial charge in [0.15, 0.2) is 0 Å². The van der Waals surface area contributed by atoms with Crippen LogP contribution in [0.1, 0.15) is 12.0 Å². The summed E-state index contributed by atoms with van der Waals surface area (Å²) in [6, 6.07) is 7.33. The number of rotatable bonds is 8. The largest absolute Gasteiger partial charge is 0.396 e. The van der Waals surface area contributed by atoms with E-state index in [9.17, 15) is 4.79 Å². The summed E-state index contributed by atoms with van der Waals surface area (Å²) in [5.74, 6) is 1.67. The second-order valence-corrected chi connectivity index (χ2v) is 5.53. The van der Waals surface area contributed by atoms with Gasteiger partial charge in [0.25, 0.3) is 0 Å². The minimum Gasteiger partial charge on any atom is -0.396 e. The fourth-order valence-corrected chi connectivity index (χ4v) is 2.34. The summed E-state index contributed by atoms with van der Waals surface area (Å²) in [5.41, 5.74) is 0.903. The molecule has 0 aromatic heterocycles. The highest BCUT2D eigenvalue weighted by Gasteiger charge is 1.95. The van der Waals surface area contributed by atoms with E-state index in [1.54, 1.807) is 30.0 Å². The highest BCUT2D eigenvalue weighted by Crippen LogP contribution is 2.11. The molecule has 0 radical (unpaired) electrons. The Bertz CT molecular complexity index is 424. The van der Waals surface area contributed by atoms with Crippen LogP contribution < -0.4 is 5.32 Å². The molecule has 104 valence electrons. The number of carbonyl (C=O) groups is 1. The Hall–Kier alpha value is -0.970. The Labute approximate surface area is 123 Å². The molecule has 5 heteroatoms. The fraction of sp³-hybridized carbons (Fsp3) is 0.357. The smallest absolute Gasteiger partial charge is 0.244 e. The van der Waals surface area contributed by atoms with Crippen molar-refractivity contribution in [3.05, 3.63) is 40.9 Å². The Kier molecular flexibility index (Phi) is 8.38. The van der Waals surface area contributed by atoms with Crippen molar-refractivity contribution < 1.29 is 9.90 Å². The van der Waals surface area contributed by atoms with Crippen molar-refractivity contribution in [3.8, 4) is 0 Å². The van der Waals surface area contributed by atoms with Gasteiger partial charge in [-0.15, -0.1) is 0 Å². The number of amides is 1. The molecule has 1 aromatic carbocycles. The summed E-state index contributed by atoms with van der Waals surface area (Å²) in [5, 5.41) is 12.1. The first-order valence-corrected chi connectivity index (χ1v) is 7.65. The molecule has 0 unspecified atom stereocenters. The predicted molar refractivity (Wildman–Crippen MR) is 82.5 cm³/mol. The van der Waals surface area contributed by atoms with Gasteiger partial charge in [-0.05, 0) is 35.9 Å². The molecule has 0 saturated carbocycles. The lowest BCUT2D eigenvalue weighted by Gasteiger charge is -2.02. The van der Waals surface area contributed by atoms with Crippen molar-refractivity contribution in [1.29, 1.82) is 0 Å². The Morgan fingerprint density at radius 1 is 1.42 bits per heavy atom. The van der Waals surface area contributed by atoms with Crippen molar-refractivity contribution in [1.82, 2.24) is 5.32 Å². The van der Waals surface area contributed by atoms with Crippen molar-refractivity contribution >= 4 is 35.3 Å². The van der Waals surface area contributed by atoms with Crippen LogP contribution >= 0.6 is 23.4 Å². The van der Waals surface area contributed by atoms with Gasteiger partial charge in [0.1, 0.15) is 0 Å². The third-order valence-electron chi connectivity index (χ3n) is 2.27. The lowest BCUT2D eigenvalue weighted by Crippen LogP contribution is -2.23. The first kappa shape index (κ1) is 16.1. The molecule has 1 aromatic rings. The molecule has 0 aliphatic rings. The first-order chi connectivity index (χ1) is 9.22. The number of thioether (sulfide) groups is 1. The number of halogens is 1. The summed E-state index contributed by atoms with van der Waals surface area (Å²) < 4.78 is 0. The summed E-state index contributed by atoms with van der Waals surface area (Å²) >= 11 is 7.57. The number of carbonyl (C=O) groups excluding carboxylic acids is 1. The van der Waals surface area contributed by atoms with Gasteiger partial charge in [0.05, 0.1) is 0 Å². The molecule has 0 aliphatic heterocycles. The van der Waals surface area contributed by atoms with E-state index in [4.69, 9.17) is 16.7 Å². The first-order valence-electron chi connectivity index (χ1n) is 6.12. The van der Waals surface area contributed by atoms with Crippen LogP contribution in [0.5, 0.6) is 0 Å². The monoisotopic (exact) mass is 299 g/mol. The minimum atomic E-state index is -0.109. The molecule has 0 heterocycles. The zero-order valence-corrected chi connectivity index (χ0v) is 12.2. The average molecular weight is 300 g/mol. The Morgan fingerprint density at radius 3 is 3.00 bits per heavy atom. The molecule has 19 heavy (non-hydrogen) atoms. The number of nitrogens with one attached hydrogen (secondary N) is 1. The lowest BCUT2D eigenvalue weighted by atomic mass is 10.2. The number of aliphatic hydroxyl groups excluding tert-OH is 1. The van der Waals surface area contributed by atoms with Crippen LogP contribution in [-0.4, -0.2) is 35.7 Å². The molecule has 0 fully saturated rings. The van der Waals surface area contributed by atoms with Crippen LogP contribution in [0.4, 0.5) is 0 Å².